The fourth-order valence-electron chi connectivity index (χ4n) is 11.3. The van der Waals surface area contributed by atoms with Crippen molar-refractivity contribution < 1.29 is 29.9 Å². The number of nitrogens with one attached hydrogen (secondary N) is 1. The van der Waals surface area contributed by atoms with E-state index in [0.717, 1.165) is 63.8 Å². The van der Waals surface area contributed by atoms with Crippen molar-refractivity contribution in [3.63, 3.8) is 0 Å². The summed E-state index contributed by atoms with van der Waals surface area (Å²) in [5.74, 6) is 2.49. The van der Waals surface area contributed by atoms with Gasteiger partial charge in [-0.1, -0.05) is 96.9 Å². The second-order valence-corrected chi connectivity index (χ2v) is 17.2. The van der Waals surface area contributed by atoms with Gasteiger partial charge < -0.3 is 15.0 Å². The Morgan fingerprint density at radius 3 is 2.29 bits per heavy atom. The van der Waals surface area contributed by atoms with Gasteiger partial charge in [-0.25, -0.2) is 4.89 Å². The largest absolute Gasteiger partial charge is 0.400 e. The molecule has 0 radical (unpaired) electrons. The lowest BCUT2D eigenvalue weighted by Gasteiger charge is -2.65. The Hall–Kier alpha value is -1.61. The lowest BCUT2D eigenvalue weighted by molar-refractivity contribution is -0.551. The second kappa shape index (κ2) is 15.7. The normalized spacial score (nSPS) is 40.4. The van der Waals surface area contributed by atoms with Crippen LogP contribution in [0.15, 0.2) is 42.0 Å². The molecular formula is C41H67NO6. The zero-order valence-corrected chi connectivity index (χ0v) is 31.5. The molecule has 7 heteroatoms. The molecule has 5 aliphatic carbocycles. The molecule has 1 spiro atoms. The minimum atomic E-state index is -0.216. The van der Waals surface area contributed by atoms with E-state index < -0.39 is 0 Å². The summed E-state index contributed by atoms with van der Waals surface area (Å²) in [6, 6.07) is 10.0. The molecule has 5 aliphatic rings. The molecule has 6 rings (SSSR count). The van der Waals surface area contributed by atoms with Crippen LogP contribution < -0.4 is 5.48 Å². The Bertz CT molecular complexity index is 1220. The van der Waals surface area contributed by atoms with Gasteiger partial charge in [0.2, 0.25) is 0 Å². The molecule has 0 amide bonds. The molecular weight excluding hydrogens is 602 g/mol. The number of hydrogen-bond acceptors (Lipinski definition) is 7. The first-order valence-corrected chi connectivity index (χ1v) is 18.8. The molecule has 6 unspecified atom stereocenters. The van der Waals surface area contributed by atoms with Gasteiger partial charge in [0, 0.05) is 31.4 Å². The lowest BCUT2D eigenvalue weighted by atomic mass is 9.39. The average molecular weight is 670 g/mol. The van der Waals surface area contributed by atoms with Crippen LogP contribution in [0, 0.1) is 50.7 Å². The van der Waals surface area contributed by atoms with Crippen molar-refractivity contribution in [2.45, 2.75) is 138 Å². The van der Waals surface area contributed by atoms with Crippen molar-refractivity contribution in [1.29, 1.82) is 0 Å². The van der Waals surface area contributed by atoms with E-state index in [0.29, 0.717) is 34.5 Å². The van der Waals surface area contributed by atoms with Gasteiger partial charge in [0.05, 0.1) is 6.10 Å². The summed E-state index contributed by atoms with van der Waals surface area (Å²) in [5.41, 5.74) is 6.35. The van der Waals surface area contributed by atoms with E-state index in [4.69, 9.17) is 20.0 Å². The quantitative estimate of drug-likeness (QED) is 0.0755. The summed E-state index contributed by atoms with van der Waals surface area (Å²) in [5, 5.41) is 23.4. The number of aryl methyl sites for hydroxylation is 1. The first kappa shape index (κ1) is 39.2. The summed E-state index contributed by atoms with van der Waals surface area (Å²) in [6.07, 6.45) is 16.6. The van der Waals surface area contributed by atoms with Crippen molar-refractivity contribution in [1.82, 2.24) is 5.48 Å². The smallest absolute Gasteiger partial charge is 0.120 e. The van der Waals surface area contributed by atoms with Gasteiger partial charge in [0.25, 0.3) is 0 Å². The van der Waals surface area contributed by atoms with E-state index in [1.54, 1.807) is 12.6 Å². The topological polar surface area (TPSA) is 97.2 Å². The van der Waals surface area contributed by atoms with E-state index >= 15 is 0 Å². The highest BCUT2D eigenvalue weighted by Crippen LogP contribution is 2.76. The maximum absolute atomic E-state index is 11.3. The van der Waals surface area contributed by atoms with Crippen LogP contribution in [0.5, 0.6) is 0 Å². The summed E-state index contributed by atoms with van der Waals surface area (Å²) < 4.78 is 0. The van der Waals surface area contributed by atoms with Crippen LogP contribution in [0.1, 0.15) is 125 Å². The number of carbonyl (C=O) groups is 1. The highest BCUT2D eigenvalue weighted by Gasteiger charge is 2.72. The van der Waals surface area contributed by atoms with E-state index in [1.807, 2.05) is 30.3 Å². The SMILES string of the molecule is CNOOOC1CCC[C@@]1(C)C1CCC2C(=CC[C@@]3(C)C[C@@](C)([C@H](C)C(C)C)CCC23C)C12CC2O.CO.O=CCCc1ccccc1. The number of hydroxylamine groups is 1. The Kier molecular flexibility index (Phi) is 12.8. The molecule has 4 fully saturated rings. The summed E-state index contributed by atoms with van der Waals surface area (Å²) in [4.78, 5) is 20.6. The maximum Gasteiger partial charge on any atom is 0.120 e. The van der Waals surface area contributed by atoms with Crippen LogP contribution in [0.3, 0.4) is 0 Å². The first-order valence-electron chi connectivity index (χ1n) is 18.8. The molecule has 1 aromatic carbocycles. The first-order chi connectivity index (χ1) is 22.8. The molecule has 10 atom stereocenters. The number of aliphatic hydroxyl groups is 2. The Balaban J connectivity index is 0.000000369. The standard InChI is InChI=1S/C31H53NO4.C9H10O.CH4O/c1-20(2)21(3)27(4)16-17-30(7)22-11-12-24(29(6)14-9-10-26(29)34-36-35-32-8)31(18-25(31)33)23(22)13-15-28(30,5)19-27;10-8-4-7-9-5-2-1-3-6-9;1-2/h13,20-22,24-26,32-33H,9-12,14-19H2,1-8H3;1-3,5-6,8H,4,7H2;2H,1H3/t21-,22?,24?,25?,26?,27+,28+,29+,30?,31?;;/m1../s1. The third kappa shape index (κ3) is 7.11. The minimum absolute atomic E-state index is 0.00460. The Morgan fingerprint density at radius 2 is 1.69 bits per heavy atom. The average Bonchev–Trinajstić information content (AvgIpc) is 3.58. The van der Waals surface area contributed by atoms with Gasteiger partial charge in [0.15, 0.2) is 0 Å². The number of hydrogen-bond donors (Lipinski definition) is 3. The molecule has 48 heavy (non-hydrogen) atoms. The molecule has 3 N–H and O–H groups in total. The van der Waals surface area contributed by atoms with Crippen molar-refractivity contribution in [3.05, 3.63) is 47.5 Å². The minimum Gasteiger partial charge on any atom is -0.400 e. The van der Waals surface area contributed by atoms with Gasteiger partial charge in [-0.2, -0.15) is 5.48 Å². The van der Waals surface area contributed by atoms with Crippen LogP contribution >= 0.6 is 0 Å². The predicted molar refractivity (Wildman–Crippen MR) is 191 cm³/mol. The van der Waals surface area contributed by atoms with E-state index in [1.165, 1.54) is 37.7 Å². The highest BCUT2D eigenvalue weighted by atomic mass is 17.5. The number of carbonyl (C=O) groups excluding carboxylic acids is 1. The Morgan fingerprint density at radius 1 is 1.00 bits per heavy atom. The lowest BCUT2D eigenvalue weighted by Crippen LogP contribution is -2.57. The molecule has 1 aromatic rings. The zero-order valence-electron chi connectivity index (χ0n) is 31.5. The van der Waals surface area contributed by atoms with Crippen LogP contribution in [0.2, 0.25) is 0 Å². The van der Waals surface area contributed by atoms with Gasteiger partial charge in [-0.05, 0) is 115 Å². The summed E-state index contributed by atoms with van der Waals surface area (Å²) in [7, 11) is 2.66. The fraction of sp³-hybridized carbons (Fsp3) is 0.780. The zero-order chi connectivity index (χ0) is 35.4. The van der Waals surface area contributed by atoms with E-state index in [9.17, 15) is 9.90 Å². The molecule has 0 saturated heterocycles. The van der Waals surface area contributed by atoms with Crippen molar-refractivity contribution >= 4 is 6.29 Å². The molecule has 0 aromatic heterocycles. The van der Waals surface area contributed by atoms with E-state index in [-0.39, 0.29) is 23.0 Å². The van der Waals surface area contributed by atoms with Crippen LogP contribution in [0.25, 0.3) is 0 Å². The van der Waals surface area contributed by atoms with Crippen LogP contribution in [-0.4, -0.2) is 42.9 Å². The van der Waals surface area contributed by atoms with Gasteiger partial charge in [-0.15, -0.1) is 4.99 Å². The van der Waals surface area contributed by atoms with Gasteiger partial charge in [-0.3, -0.25) is 0 Å². The monoisotopic (exact) mass is 669 g/mol. The predicted octanol–water partition coefficient (Wildman–Crippen LogP) is 8.59. The third-order valence-electron chi connectivity index (χ3n) is 14.7. The fourth-order valence-corrected chi connectivity index (χ4v) is 11.3. The second-order valence-electron chi connectivity index (χ2n) is 17.2. The van der Waals surface area contributed by atoms with Crippen LogP contribution in [0.4, 0.5) is 0 Å². The number of aldehydes is 1. The van der Waals surface area contributed by atoms with Crippen LogP contribution in [-0.2, 0) is 26.1 Å². The molecule has 0 bridgehead atoms. The molecule has 0 aliphatic heterocycles. The molecule has 272 valence electrons. The van der Waals surface area contributed by atoms with E-state index in [2.05, 4.69) is 60.0 Å². The maximum atomic E-state index is 11.3. The number of fused-ring (bicyclic) bond motifs is 4. The van der Waals surface area contributed by atoms with Crippen molar-refractivity contribution in [2.24, 2.45) is 50.7 Å². The van der Waals surface area contributed by atoms with Gasteiger partial charge >= 0.3 is 0 Å². The third-order valence-corrected chi connectivity index (χ3v) is 14.7. The number of allylic oxidation sites excluding steroid dienone is 1. The molecule has 7 nitrogen and oxygen atoms in total. The summed E-state index contributed by atoms with van der Waals surface area (Å²) >= 11 is 0. The summed E-state index contributed by atoms with van der Waals surface area (Å²) in [6.45, 7) is 17.5. The molecule has 0 heterocycles. The van der Waals surface area contributed by atoms with Crippen molar-refractivity contribution in [3.8, 4) is 0 Å². The Labute approximate surface area is 291 Å². The number of aliphatic hydroxyl groups excluding tert-OH is 2. The number of rotatable bonds is 10. The highest BCUT2D eigenvalue weighted by molar-refractivity contribution is 5.50. The number of benzene rings is 1. The molecule has 4 saturated carbocycles. The van der Waals surface area contributed by atoms with Crippen molar-refractivity contribution in [2.75, 3.05) is 14.2 Å². The van der Waals surface area contributed by atoms with Gasteiger partial charge in [0.1, 0.15) is 12.4 Å².